The Morgan fingerprint density at radius 1 is 0.429 bits per heavy atom. The van der Waals surface area contributed by atoms with Gasteiger partial charge in [-0.3, -0.25) is 0 Å². The van der Waals surface area contributed by atoms with Crippen LogP contribution < -0.4 is 13.3 Å². The highest BCUT2D eigenvalue weighted by atomic mass is 27.2. The summed E-state index contributed by atoms with van der Waals surface area (Å²) in [4.78, 5) is 0. The lowest BCUT2D eigenvalue weighted by Gasteiger charge is -2.20. The van der Waals surface area contributed by atoms with Crippen LogP contribution in [-0.2, 0) is 0 Å². The summed E-state index contributed by atoms with van der Waals surface area (Å²) in [5.74, 6) is -25.8. The van der Waals surface area contributed by atoms with Crippen molar-refractivity contribution in [2.45, 2.75) is 0 Å². The number of halogens is 12. The Morgan fingerprint density at radius 3 is 1.57 bits per heavy atom. The van der Waals surface area contributed by atoms with E-state index in [-0.39, 0.29) is 18.2 Å². The van der Waals surface area contributed by atoms with Crippen LogP contribution in [0.4, 0.5) is 52.7 Å². The second-order valence-corrected chi connectivity index (χ2v) is 9.94. The van der Waals surface area contributed by atoms with Gasteiger partial charge in [0.2, 0.25) is 0 Å². The van der Waals surface area contributed by atoms with Crippen LogP contribution >= 0.6 is 0 Å². The van der Waals surface area contributed by atoms with Gasteiger partial charge in [-0.2, -0.15) is 0 Å². The summed E-state index contributed by atoms with van der Waals surface area (Å²) in [6.07, 6.45) is 0. The van der Waals surface area contributed by atoms with E-state index in [1.807, 2.05) is 0 Å². The standard InChI is InChI=1S/C10H3F4.C6F5.C6H2F3.Al/c11-6-3-1-2-5-4-7(12)9(13)10(14)8(5)6;7-2-1-3(8)5(10)6(11)4(2)9;7-4-1-2-5(8)6(9)3-4;/h1,3-4H;;1,3H;. The molecule has 0 spiro atoms. The Kier molecular flexibility index (Phi) is 6.27. The Labute approximate surface area is 191 Å². The van der Waals surface area contributed by atoms with Gasteiger partial charge in [-0.15, -0.1) is 0 Å². The predicted octanol–water partition coefficient (Wildman–Crippen LogP) is 5.03. The summed E-state index contributed by atoms with van der Waals surface area (Å²) in [5.41, 5.74) is 0. The molecule has 0 saturated carbocycles. The highest BCUT2D eigenvalue weighted by molar-refractivity contribution is 6.97. The zero-order valence-corrected chi connectivity index (χ0v) is 17.7. The van der Waals surface area contributed by atoms with Gasteiger partial charge in [0.15, 0.2) is 52.4 Å². The maximum atomic E-state index is 14.8. The van der Waals surface area contributed by atoms with E-state index in [1.54, 1.807) is 0 Å². The second kappa shape index (κ2) is 8.80. The number of benzene rings is 4. The largest absolute Gasteiger partial charge is 0.399 e. The van der Waals surface area contributed by atoms with Gasteiger partial charge in [0.05, 0.1) is 5.39 Å². The Bertz CT molecular complexity index is 1500. The number of hydrogen-bond donors (Lipinski definition) is 0. The first-order valence-corrected chi connectivity index (χ1v) is 11.0. The van der Waals surface area contributed by atoms with Crippen molar-refractivity contribution in [1.82, 2.24) is 0 Å². The fourth-order valence-electron chi connectivity index (χ4n) is 3.78. The second-order valence-electron chi connectivity index (χ2n) is 7.25. The molecule has 4 aromatic rings. The molecule has 0 unspecified atom stereocenters. The molecule has 0 heterocycles. The summed E-state index contributed by atoms with van der Waals surface area (Å²) in [6, 6.07) is 1.29. The molecule has 0 fully saturated rings. The lowest BCUT2D eigenvalue weighted by atomic mass is 10.1. The first-order valence-electron chi connectivity index (χ1n) is 9.28. The molecule has 0 aliphatic carbocycles. The quantitative estimate of drug-likeness (QED) is 0.153. The van der Waals surface area contributed by atoms with Gasteiger partial charge >= 0.3 is 14.1 Å². The van der Waals surface area contributed by atoms with Crippen molar-refractivity contribution in [2.75, 3.05) is 0 Å². The van der Waals surface area contributed by atoms with Crippen LogP contribution in [0.2, 0.25) is 0 Å². The number of rotatable bonds is 3. The van der Waals surface area contributed by atoms with Crippen LogP contribution in [0, 0.1) is 69.8 Å². The zero-order valence-electron chi connectivity index (χ0n) is 16.5. The molecule has 0 nitrogen and oxygen atoms in total. The molecule has 35 heavy (non-hydrogen) atoms. The molecule has 0 aliphatic rings. The van der Waals surface area contributed by atoms with E-state index in [9.17, 15) is 52.7 Å². The topological polar surface area (TPSA) is 0 Å². The molecule has 4 rings (SSSR count). The van der Waals surface area contributed by atoms with Crippen LogP contribution in [0.3, 0.4) is 0 Å². The van der Waals surface area contributed by atoms with Crippen molar-refractivity contribution >= 4 is 38.2 Å². The molecular weight excluding hydrogens is 519 g/mol. The minimum atomic E-state index is -4.66. The molecule has 0 N–H and O–H groups in total. The summed E-state index contributed by atoms with van der Waals surface area (Å²) in [7, 11) is 0. The lowest BCUT2D eigenvalue weighted by Crippen LogP contribution is -2.57. The van der Waals surface area contributed by atoms with Crippen LogP contribution in [0.25, 0.3) is 10.8 Å². The lowest BCUT2D eigenvalue weighted by molar-refractivity contribution is 0.384. The molecule has 4 aromatic carbocycles. The molecular formula is C22H5AlF12. The third-order valence-corrected chi connectivity index (χ3v) is 8.55. The summed E-state index contributed by atoms with van der Waals surface area (Å²) in [6.45, 7) is 0. The molecule has 180 valence electrons. The third kappa shape index (κ3) is 3.83. The Hall–Kier alpha value is -3.17. The monoisotopic (exact) mass is 524 g/mol. The Balaban J connectivity index is 2.25. The summed E-state index contributed by atoms with van der Waals surface area (Å²) < 4.78 is 167. The van der Waals surface area contributed by atoms with Gasteiger partial charge in [-0.25, -0.2) is 52.7 Å². The molecule has 0 aromatic heterocycles. The van der Waals surface area contributed by atoms with Crippen LogP contribution in [0.1, 0.15) is 0 Å². The predicted molar refractivity (Wildman–Crippen MR) is 101 cm³/mol. The van der Waals surface area contributed by atoms with Gasteiger partial charge in [-0.05, 0) is 28.0 Å². The molecule has 0 saturated heterocycles. The minimum absolute atomic E-state index is 0.0142. The molecule has 0 amide bonds. The van der Waals surface area contributed by atoms with Crippen molar-refractivity contribution in [1.29, 1.82) is 0 Å². The highest BCUT2D eigenvalue weighted by Gasteiger charge is 2.40. The van der Waals surface area contributed by atoms with Gasteiger partial charge in [0, 0.05) is 6.07 Å². The number of hydrogen-bond acceptors (Lipinski definition) is 0. The SMILES string of the molecule is Fc1cc(F)c(F)[c]([Al]([c]2c(F)c(F)c(F)c(F)c2F)[c]2ccc(F)c3c(F)c(F)c(F)cc23)c1. The highest BCUT2D eigenvalue weighted by Crippen LogP contribution is 2.26. The number of fused-ring (bicyclic) bond motifs is 1. The maximum Gasteiger partial charge on any atom is 0.399 e. The molecule has 0 atom stereocenters. The van der Waals surface area contributed by atoms with Gasteiger partial charge < -0.3 is 0 Å². The third-order valence-electron chi connectivity index (χ3n) is 5.30. The van der Waals surface area contributed by atoms with Crippen molar-refractivity contribution < 1.29 is 52.7 Å². The van der Waals surface area contributed by atoms with Crippen LogP contribution in [0.5, 0.6) is 0 Å². The first-order chi connectivity index (χ1) is 16.4. The average molecular weight is 524 g/mol. The maximum absolute atomic E-state index is 14.8. The summed E-state index contributed by atoms with van der Waals surface area (Å²) in [5, 5.41) is -2.29. The van der Waals surface area contributed by atoms with E-state index in [4.69, 9.17) is 0 Å². The molecule has 0 aliphatic heterocycles. The fourth-order valence-corrected chi connectivity index (χ4v) is 7.05. The minimum Gasteiger partial charge on any atom is -0.207 e. The van der Waals surface area contributed by atoms with Crippen molar-refractivity contribution in [3.05, 3.63) is 100 Å². The van der Waals surface area contributed by atoms with E-state index in [0.29, 0.717) is 12.1 Å². The summed E-state index contributed by atoms with van der Waals surface area (Å²) >= 11 is -4.66. The van der Waals surface area contributed by atoms with E-state index in [1.165, 1.54) is 0 Å². The van der Waals surface area contributed by atoms with E-state index >= 15 is 0 Å². The molecule has 0 radical (unpaired) electrons. The van der Waals surface area contributed by atoms with E-state index < -0.39 is 108 Å². The molecule has 0 bridgehead atoms. The molecule has 13 heteroatoms. The van der Waals surface area contributed by atoms with E-state index in [0.717, 1.165) is 0 Å². The van der Waals surface area contributed by atoms with Gasteiger partial charge in [-0.1, -0.05) is 14.9 Å². The average Bonchev–Trinajstić information content (AvgIpc) is 2.81. The smallest absolute Gasteiger partial charge is 0.207 e. The van der Waals surface area contributed by atoms with Gasteiger partial charge in [0.25, 0.3) is 0 Å². The zero-order chi connectivity index (χ0) is 25.9. The van der Waals surface area contributed by atoms with Gasteiger partial charge in [0.1, 0.15) is 17.5 Å². The first kappa shape index (κ1) is 24.9. The van der Waals surface area contributed by atoms with Crippen molar-refractivity contribution in [2.24, 2.45) is 0 Å². The Morgan fingerprint density at radius 2 is 0.971 bits per heavy atom. The van der Waals surface area contributed by atoms with E-state index in [2.05, 4.69) is 0 Å². The normalized spacial score (nSPS) is 11.4. The fraction of sp³-hybridized carbons (Fsp3) is 0. The van der Waals surface area contributed by atoms with Crippen LogP contribution in [-0.4, -0.2) is 14.1 Å². The van der Waals surface area contributed by atoms with Crippen LogP contribution in [0.15, 0.2) is 30.3 Å². The van der Waals surface area contributed by atoms with Crippen molar-refractivity contribution in [3.63, 3.8) is 0 Å². The van der Waals surface area contributed by atoms with Crippen molar-refractivity contribution in [3.8, 4) is 0 Å².